The predicted molar refractivity (Wildman–Crippen MR) is 281 cm³/mol. The first-order chi connectivity index (χ1) is 33.9. The number of amides is 4. The van der Waals surface area contributed by atoms with Gasteiger partial charge in [-0.25, -0.2) is 0 Å². The molecule has 72 heavy (non-hydrogen) atoms. The minimum absolute atomic E-state index is 0.0303. The molecule has 1 saturated heterocycles. The highest BCUT2D eigenvalue weighted by atomic mass is 16.5. The molecule has 8 atom stereocenters. The highest BCUT2D eigenvalue weighted by molar-refractivity contribution is 5.90. The number of ketones is 1. The normalized spacial score (nSPS) is 17.4. The van der Waals surface area contributed by atoms with Gasteiger partial charge in [0.1, 0.15) is 11.8 Å². The first-order valence-electron chi connectivity index (χ1n) is 26.6. The highest BCUT2D eigenvalue weighted by Crippen LogP contribution is 2.30. The number of likely N-dealkylation sites (tertiary alicyclic amines) is 1. The molecule has 2 N–H and O–H groups in total. The predicted octanol–water partition coefficient (Wildman–Crippen LogP) is 6.14. The van der Waals surface area contributed by atoms with Crippen LogP contribution in [0.1, 0.15) is 134 Å². The topological polar surface area (TPSA) is 187 Å². The molecule has 0 aromatic carbocycles. The van der Waals surface area contributed by atoms with Gasteiger partial charge in [0.05, 0.1) is 86.9 Å². The van der Waals surface area contributed by atoms with Crippen LogP contribution in [0.4, 0.5) is 0 Å². The minimum atomic E-state index is -0.827. The number of Topliss-reactive ketones (excluding diaryl/α,β-unsaturated/α-hetero) is 1. The van der Waals surface area contributed by atoms with Crippen molar-refractivity contribution in [2.24, 2.45) is 23.7 Å². The molecule has 1 aliphatic rings. The molecule has 17 nitrogen and oxygen atoms in total. The molecule has 5 unspecified atom stereocenters. The van der Waals surface area contributed by atoms with Crippen molar-refractivity contribution in [1.82, 2.24) is 30.3 Å². The second-order valence-electron chi connectivity index (χ2n) is 21.7. The number of methoxy groups -OCH3 is 2. The van der Waals surface area contributed by atoms with Crippen molar-refractivity contribution in [2.75, 3.05) is 87.6 Å². The Balaban J connectivity index is 2.02. The maximum atomic E-state index is 14.7. The van der Waals surface area contributed by atoms with Crippen LogP contribution in [0.2, 0.25) is 0 Å². The Labute approximate surface area is 434 Å². The molecular formula is C55H98N6O11. The SMILES string of the molecule is CC[C@H](C)[C@@H](C(CC(=O)N1CCCC1C(OC)C(C)C(=O)NCCc1ccccn1)OC)N(C)C(=O)[C@@H](NC(=O)C(C(C)C)N(C)CCOCCC(C)(C)OCCC(C)(C)OCCOCCC(C)=O)C(C)C. The zero-order valence-electron chi connectivity index (χ0n) is 47.4. The second-order valence-corrected chi connectivity index (χ2v) is 21.7. The van der Waals surface area contributed by atoms with Gasteiger partial charge in [0.2, 0.25) is 23.6 Å². The number of nitrogens with one attached hydrogen (secondary N) is 2. The van der Waals surface area contributed by atoms with E-state index >= 15 is 0 Å². The molecule has 2 rings (SSSR count). The fourth-order valence-electron chi connectivity index (χ4n) is 9.49. The first-order valence-corrected chi connectivity index (χ1v) is 26.6. The van der Waals surface area contributed by atoms with Crippen LogP contribution in [0.25, 0.3) is 0 Å². The van der Waals surface area contributed by atoms with Gasteiger partial charge in [0.15, 0.2) is 0 Å². The molecule has 0 bridgehead atoms. The van der Waals surface area contributed by atoms with Crippen LogP contribution in [-0.4, -0.2) is 184 Å². The van der Waals surface area contributed by atoms with Crippen molar-refractivity contribution in [1.29, 1.82) is 0 Å². The van der Waals surface area contributed by atoms with Crippen molar-refractivity contribution < 1.29 is 52.4 Å². The van der Waals surface area contributed by atoms with Crippen LogP contribution >= 0.6 is 0 Å². The molecule has 0 saturated carbocycles. The second kappa shape index (κ2) is 32.7. The van der Waals surface area contributed by atoms with Crippen LogP contribution < -0.4 is 10.6 Å². The van der Waals surface area contributed by atoms with Crippen LogP contribution in [0.5, 0.6) is 0 Å². The van der Waals surface area contributed by atoms with E-state index in [1.54, 1.807) is 39.3 Å². The lowest BCUT2D eigenvalue weighted by molar-refractivity contribution is -0.148. The number of aromatic nitrogens is 1. The highest BCUT2D eigenvalue weighted by Gasteiger charge is 2.43. The van der Waals surface area contributed by atoms with Gasteiger partial charge in [0, 0.05) is 72.2 Å². The van der Waals surface area contributed by atoms with Crippen molar-refractivity contribution in [3.63, 3.8) is 0 Å². The fraction of sp³-hybridized carbons (Fsp3) is 0.818. The molecule has 1 aromatic rings. The van der Waals surface area contributed by atoms with E-state index in [1.165, 1.54) is 0 Å². The van der Waals surface area contributed by atoms with E-state index < -0.39 is 41.9 Å². The minimum Gasteiger partial charge on any atom is -0.380 e. The third-order valence-electron chi connectivity index (χ3n) is 14.2. The lowest BCUT2D eigenvalue weighted by atomic mass is 9.89. The van der Waals surface area contributed by atoms with Crippen LogP contribution in [0.15, 0.2) is 24.4 Å². The third kappa shape index (κ3) is 22.1. The largest absolute Gasteiger partial charge is 0.380 e. The van der Waals surface area contributed by atoms with Gasteiger partial charge in [0.25, 0.3) is 0 Å². The summed E-state index contributed by atoms with van der Waals surface area (Å²) in [5, 5.41) is 6.15. The number of carbonyl (C=O) groups excluding carboxylic acids is 5. The van der Waals surface area contributed by atoms with E-state index in [4.69, 9.17) is 28.4 Å². The van der Waals surface area contributed by atoms with E-state index in [0.29, 0.717) is 91.4 Å². The van der Waals surface area contributed by atoms with Gasteiger partial charge >= 0.3 is 0 Å². The molecule has 17 heteroatoms. The molecule has 2 heterocycles. The van der Waals surface area contributed by atoms with Gasteiger partial charge in [-0.05, 0) is 97.2 Å². The number of nitrogens with zero attached hydrogens (tertiary/aromatic N) is 4. The van der Waals surface area contributed by atoms with E-state index in [0.717, 1.165) is 18.5 Å². The fourth-order valence-corrected chi connectivity index (χ4v) is 9.49. The summed E-state index contributed by atoms with van der Waals surface area (Å²) in [6, 6.07) is 3.57. The van der Waals surface area contributed by atoms with E-state index in [1.807, 2.05) is 97.4 Å². The summed E-state index contributed by atoms with van der Waals surface area (Å²) in [4.78, 5) is 77.5. The number of hydrogen-bond acceptors (Lipinski definition) is 13. The Morgan fingerprint density at radius 1 is 0.833 bits per heavy atom. The zero-order valence-corrected chi connectivity index (χ0v) is 47.4. The van der Waals surface area contributed by atoms with E-state index in [-0.39, 0.29) is 65.2 Å². The number of ether oxygens (including phenoxy) is 6. The number of pyridine rings is 1. The van der Waals surface area contributed by atoms with E-state index in [2.05, 4.69) is 29.5 Å². The smallest absolute Gasteiger partial charge is 0.245 e. The van der Waals surface area contributed by atoms with Gasteiger partial charge in [-0.2, -0.15) is 0 Å². The third-order valence-corrected chi connectivity index (χ3v) is 14.2. The van der Waals surface area contributed by atoms with Crippen molar-refractivity contribution in [3.05, 3.63) is 30.1 Å². The van der Waals surface area contributed by atoms with E-state index in [9.17, 15) is 24.0 Å². The number of likely N-dealkylation sites (N-methyl/N-ethyl adjacent to an activating group) is 2. The van der Waals surface area contributed by atoms with Crippen molar-refractivity contribution in [2.45, 2.75) is 182 Å². The summed E-state index contributed by atoms with van der Waals surface area (Å²) >= 11 is 0. The summed E-state index contributed by atoms with van der Waals surface area (Å²) in [6.07, 6.45) is 5.21. The molecule has 1 aromatic heterocycles. The lowest BCUT2D eigenvalue weighted by Crippen LogP contribution is -2.60. The Morgan fingerprint density at radius 2 is 1.49 bits per heavy atom. The maximum absolute atomic E-state index is 14.7. The summed E-state index contributed by atoms with van der Waals surface area (Å²) in [6.45, 7) is 27.7. The first kappa shape index (κ1) is 64.5. The Hall–Kier alpha value is -3.58. The molecule has 414 valence electrons. The van der Waals surface area contributed by atoms with Gasteiger partial charge in [-0.1, -0.05) is 61.0 Å². The Bertz CT molecular complexity index is 1750. The lowest BCUT2D eigenvalue weighted by Gasteiger charge is -2.41. The zero-order chi connectivity index (χ0) is 54.2. The monoisotopic (exact) mass is 1020 g/mol. The average molecular weight is 1020 g/mol. The molecule has 0 radical (unpaired) electrons. The summed E-state index contributed by atoms with van der Waals surface area (Å²) in [5.41, 5.74) is 0.0913. The molecule has 0 aliphatic carbocycles. The molecular weight excluding hydrogens is 921 g/mol. The van der Waals surface area contributed by atoms with Crippen LogP contribution in [0, 0.1) is 23.7 Å². The van der Waals surface area contributed by atoms with Gasteiger partial charge in [-0.15, -0.1) is 0 Å². The number of hydrogen-bond donors (Lipinski definition) is 2. The maximum Gasteiger partial charge on any atom is 0.245 e. The Kier molecular flexibility index (Phi) is 29.3. The number of rotatable bonds is 37. The standard InChI is InChI=1S/C55H98N6O11/c1-17-40(6)49(45(67-15)37-46(63)61-29-20-22-44(61)50(68-16)42(8)51(64)57-28-23-43-21-18-19-27-56-43)60(14)53(66)47(38(2)3)58-52(65)48(39(4)5)59(13)30-34-70-32-25-54(9,10)71-33-26-55(11,12)72-36-35-69-31-24-41(7)62/h18-19,21,27,38-40,42,44-45,47-50H,17,20,22-26,28-37H2,1-16H3,(H,57,64)(H,58,65)/t40-,42?,44?,45?,47-,48?,49-,50?/m0/s1. The molecule has 0 spiro atoms. The van der Waals surface area contributed by atoms with Gasteiger partial charge in [-0.3, -0.25) is 33.9 Å². The molecule has 4 amide bonds. The Morgan fingerprint density at radius 3 is 2.07 bits per heavy atom. The molecule has 1 fully saturated rings. The average Bonchev–Trinajstić information content (AvgIpc) is 3.81. The van der Waals surface area contributed by atoms with Crippen LogP contribution in [0.3, 0.4) is 0 Å². The number of carbonyl (C=O) groups is 5. The van der Waals surface area contributed by atoms with Crippen LogP contribution in [-0.2, 0) is 58.8 Å². The van der Waals surface area contributed by atoms with Crippen molar-refractivity contribution in [3.8, 4) is 0 Å². The van der Waals surface area contributed by atoms with Gasteiger partial charge < -0.3 is 48.9 Å². The summed E-state index contributed by atoms with van der Waals surface area (Å²) in [5.74, 6) is -1.49. The quantitative estimate of drug-likeness (QED) is 0.0725. The summed E-state index contributed by atoms with van der Waals surface area (Å²) < 4.78 is 35.8. The summed E-state index contributed by atoms with van der Waals surface area (Å²) in [7, 11) is 6.81. The molecule has 1 aliphatic heterocycles. The van der Waals surface area contributed by atoms with Crippen molar-refractivity contribution >= 4 is 29.4 Å².